The molecule has 0 aromatic heterocycles. The third-order valence-electron chi connectivity index (χ3n) is 2.12. The highest BCUT2D eigenvalue weighted by Gasteiger charge is 2.27. The topological polar surface area (TPSA) is 46.2 Å². The Morgan fingerprint density at radius 1 is 1.23 bits per heavy atom. The Balaban J connectivity index is 4.48. The highest BCUT2D eigenvalue weighted by molar-refractivity contribution is 5.04. The van der Waals surface area contributed by atoms with Gasteiger partial charge in [0.05, 0.1) is 6.61 Å². The minimum absolute atomic E-state index is 0.100. The number of aliphatic hydroxyl groups is 1. The van der Waals surface area contributed by atoms with Gasteiger partial charge in [-0.3, -0.25) is 0 Å². The van der Waals surface area contributed by atoms with Gasteiger partial charge in [-0.1, -0.05) is 11.1 Å². The summed E-state index contributed by atoms with van der Waals surface area (Å²) in [5.41, 5.74) is 7.55. The van der Waals surface area contributed by atoms with Gasteiger partial charge in [0.2, 0.25) is 0 Å². The maximum absolute atomic E-state index is 9.31. The standard InChI is InChI=1S/C11H21NO/c1-9(2)5-11(7-12,8-13)6-10(3)4/h13H,1,3,5-8,12H2,2,4H3. The van der Waals surface area contributed by atoms with Crippen LogP contribution in [0.5, 0.6) is 0 Å². The van der Waals surface area contributed by atoms with Crippen molar-refractivity contribution in [3.8, 4) is 0 Å². The fraction of sp³-hybridized carbons (Fsp3) is 0.636. The Kier molecular flexibility index (Phi) is 4.96. The molecule has 0 aromatic rings. The van der Waals surface area contributed by atoms with Crippen LogP contribution >= 0.6 is 0 Å². The minimum atomic E-state index is -0.238. The lowest BCUT2D eigenvalue weighted by atomic mass is 9.78. The summed E-state index contributed by atoms with van der Waals surface area (Å²) >= 11 is 0. The van der Waals surface area contributed by atoms with Crippen molar-refractivity contribution in [2.24, 2.45) is 11.1 Å². The van der Waals surface area contributed by atoms with Crippen LogP contribution in [0, 0.1) is 5.41 Å². The molecule has 0 aliphatic heterocycles. The zero-order valence-electron chi connectivity index (χ0n) is 8.77. The summed E-state index contributed by atoms with van der Waals surface area (Å²) in [5, 5.41) is 9.31. The molecule has 0 saturated heterocycles. The molecule has 0 unspecified atom stereocenters. The van der Waals surface area contributed by atoms with Crippen LogP contribution in [0.1, 0.15) is 26.7 Å². The van der Waals surface area contributed by atoms with Crippen molar-refractivity contribution >= 4 is 0 Å². The van der Waals surface area contributed by atoms with Crippen LogP contribution in [0.3, 0.4) is 0 Å². The molecular formula is C11H21NO. The third kappa shape index (κ3) is 4.25. The van der Waals surface area contributed by atoms with Gasteiger partial charge in [0, 0.05) is 12.0 Å². The van der Waals surface area contributed by atoms with Crippen LogP contribution in [-0.2, 0) is 0 Å². The summed E-state index contributed by atoms with van der Waals surface area (Å²) in [6.45, 7) is 12.2. The molecule has 0 rings (SSSR count). The van der Waals surface area contributed by atoms with Crippen LogP contribution in [0.25, 0.3) is 0 Å². The van der Waals surface area contributed by atoms with E-state index in [2.05, 4.69) is 13.2 Å². The van der Waals surface area contributed by atoms with Gasteiger partial charge in [0.1, 0.15) is 0 Å². The summed E-state index contributed by atoms with van der Waals surface area (Å²) in [6, 6.07) is 0. The van der Waals surface area contributed by atoms with Crippen LogP contribution < -0.4 is 5.73 Å². The van der Waals surface area contributed by atoms with Crippen molar-refractivity contribution < 1.29 is 5.11 Å². The Hall–Kier alpha value is -0.600. The van der Waals surface area contributed by atoms with Crippen LogP contribution in [0.4, 0.5) is 0 Å². The van der Waals surface area contributed by atoms with Gasteiger partial charge in [0.15, 0.2) is 0 Å². The van der Waals surface area contributed by atoms with E-state index in [0.29, 0.717) is 6.54 Å². The predicted molar refractivity (Wildman–Crippen MR) is 57.4 cm³/mol. The Morgan fingerprint density at radius 2 is 1.62 bits per heavy atom. The van der Waals surface area contributed by atoms with Crippen molar-refractivity contribution in [1.29, 1.82) is 0 Å². The molecule has 0 spiro atoms. The minimum Gasteiger partial charge on any atom is -0.396 e. The van der Waals surface area contributed by atoms with E-state index in [0.717, 1.165) is 24.0 Å². The van der Waals surface area contributed by atoms with Gasteiger partial charge in [-0.2, -0.15) is 0 Å². The summed E-state index contributed by atoms with van der Waals surface area (Å²) < 4.78 is 0. The molecule has 0 heterocycles. The van der Waals surface area contributed by atoms with Crippen molar-refractivity contribution in [3.63, 3.8) is 0 Å². The van der Waals surface area contributed by atoms with Gasteiger partial charge >= 0.3 is 0 Å². The molecule has 0 saturated carbocycles. The van der Waals surface area contributed by atoms with Crippen molar-refractivity contribution in [2.45, 2.75) is 26.7 Å². The van der Waals surface area contributed by atoms with E-state index in [9.17, 15) is 5.11 Å². The average Bonchev–Trinajstić information content (AvgIpc) is 2.01. The van der Waals surface area contributed by atoms with Gasteiger partial charge in [-0.05, 0) is 26.7 Å². The zero-order valence-corrected chi connectivity index (χ0v) is 8.77. The quantitative estimate of drug-likeness (QED) is 0.617. The highest BCUT2D eigenvalue weighted by atomic mass is 16.3. The van der Waals surface area contributed by atoms with Crippen LogP contribution in [0.2, 0.25) is 0 Å². The number of rotatable bonds is 6. The van der Waals surface area contributed by atoms with E-state index in [-0.39, 0.29) is 12.0 Å². The first kappa shape index (κ1) is 12.4. The molecule has 0 radical (unpaired) electrons. The van der Waals surface area contributed by atoms with E-state index in [1.54, 1.807) is 0 Å². The normalized spacial score (nSPS) is 11.4. The number of aliphatic hydroxyl groups excluding tert-OH is 1. The molecule has 3 N–H and O–H groups in total. The third-order valence-corrected chi connectivity index (χ3v) is 2.12. The van der Waals surface area contributed by atoms with Gasteiger partial charge in [0.25, 0.3) is 0 Å². The molecule has 13 heavy (non-hydrogen) atoms. The van der Waals surface area contributed by atoms with E-state index < -0.39 is 0 Å². The highest BCUT2D eigenvalue weighted by Crippen LogP contribution is 2.30. The zero-order chi connectivity index (χ0) is 10.5. The fourth-order valence-electron chi connectivity index (χ4n) is 1.66. The monoisotopic (exact) mass is 183 g/mol. The molecule has 0 amide bonds. The second-order valence-electron chi connectivity index (χ2n) is 4.13. The van der Waals surface area contributed by atoms with E-state index in [1.807, 2.05) is 13.8 Å². The van der Waals surface area contributed by atoms with Crippen molar-refractivity contribution in [1.82, 2.24) is 0 Å². The molecular weight excluding hydrogens is 162 g/mol. The summed E-state index contributed by atoms with van der Waals surface area (Å²) in [4.78, 5) is 0. The van der Waals surface area contributed by atoms with E-state index in [4.69, 9.17) is 5.73 Å². The summed E-state index contributed by atoms with van der Waals surface area (Å²) in [6.07, 6.45) is 1.54. The predicted octanol–water partition coefficient (Wildman–Crippen LogP) is 1.86. The molecule has 0 atom stereocenters. The molecule has 76 valence electrons. The van der Waals surface area contributed by atoms with Gasteiger partial charge in [-0.15, -0.1) is 13.2 Å². The molecule has 0 aliphatic carbocycles. The Morgan fingerprint density at radius 3 is 1.77 bits per heavy atom. The molecule has 0 fully saturated rings. The second kappa shape index (κ2) is 5.20. The van der Waals surface area contributed by atoms with Crippen molar-refractivity contribution in [2.75, 3.05) is 13.2 Å². The van der Waals surface area contributed by atoms with E-state index >= 15 is 0 Å². The summed E-state index contributed by atoms with van der Waals surface area (Å²) in [5.74, 6) is 0. The Bertz CT molecular complexity index is 174. The maximum Gasteiger partial charge on any atom is 0.0505 e. The molecule has 0 aliphatic rings. The van der Waals surface area contributed by atoms with Crippen LogP contribution in [0.15, 0.2) is 24.3 Å². The maximum atomic E-state index is 9.31. The first-order valence-corrected chi connectivity index (χ1v) is 4.55. The Labute approximate surface area is 81.1 Å². The lowest BCUT2D eigenvalue weighted by Gasteiger charge is -2.30. The molecule has 2 heteroatoms. The van der Waals surface area contributed by atoms with E-state index in [1.165, 1.54) is 0 Å². The largest absolute Gasteiger partial charge is 0.396 e. The lowest BCUT2D eigenvalue weighted by molar-refractivity contribution is 0.131. The fourth-order valence-corrected chi connectivity index (χ4v) is 1.66. The van der Waals surface area contributed by atoms with Crippen molar-refractivity contribution in [3.05, 3.63) is 24.3 Å². The summed E-state index contributed by atoms with van der Waals surface area (Å²) in [7, 11) is 0. The van der Waals surface area contributed by atoms with Gasteiger partial charge in [-0.25, -0.2) is 0 Å². The van der Waals surface area contributed by atoms with Crippen LogP contribution in [-0.4, -0.2) is 18.3 Å². The first-order valence-electron chi connectivity index (χ1n) is 4.55. The molecule has 2 nitrogen and oxygen atoms in total. The lowest BCUT2D eigenvalue weighted by Crippen LogP contribution is -2.34. The first-order chi connectivity index (χ1) is 5.95. The number of hydrogen-bond donors (Lipinski definition) is 2. The smallest absolute Gasteiger partial charge is 0.0505 e. The SMILES string of the molecule is C=C(C)CC(CN)(CO)CC(=C)C. The average molecular weight is 183 g/mol. The van der Waals surface area contributed by atoms with Gasteiger partial charge < -0.3 is 10.8 Å². The number of nitrogens with two attached hydrogens (primary N) is 1. The second-order valence-corrected chi connectivity index (χ2v) is 4.13. The number of hydrogen-bond acceptors (Lipinski definition) is 2. The number of allylic oxidation sites excluding steroid dienone is 2. The molecule has 0 bridgehead atoms. The molecule has 0 aromatic carbocycles.